The number of aryl methyl sites for hydroxylation is 2. The molecule has 0 aromatic heterocycles. The molecule has 0 radical (unpaired) electrons. The van der Waals surface area contributed by atoms with Crippen LogP contribution in [0.15, 0.2) is 78.9 Å². The number of carbonyl (C=O) groups excluding carboxylic acids is 1. The third kappa shape index (κ3) is 2.78. The lowest BCUT2D eigenvalue weighted by Crippen LogP contribution is -2.51. The number of amides is 1. The number of benzene rings is 3. The van der Waals surface area contributed by atoms with Gasteiger partial charge in [0.15, 0.2) is 5.66 Å². The van der Waals surface area contributed by atoms with E-state index in [0.717, 1.165) is 41.1 Å². The van der Waals surface area contributed by atoms with Crippen molar-refractivity contribution in [3.05, 3.63) is 107 Å². The van der Waals surface area contributed by atoms with Crippen LogP contribution in [0, 0.1) is 6.92 Å². The number of fused-ring (bicyclic) bond motifs is 3. The topological polar surface area (TPSA) is 23.6 Å². The van der Waals surface area contributed by atoms with Crippen molar-refractivity contribution in [2.24, 2.45) is 0 Å². The normalized spacial score (nSPS) is 19.7. The highest BCUT2D eigenvalue weighted by Crippen LogP contribution is 2.50. The maximum atomic E-state index is 13.3. The minimum Gasteiger partial charge on any atom is -0.334 e. The summed E-state index contributed by atoms with van der Waals surface area (Å²) >= 11 is 5.99. The number of carbonyl (C=O) groups is 1. The molecule has 4 heteroatoms. The van der Waals surface area contributed by atoms with E-state index in [1.807, 2.05) is 29.2 Å². The van der Waals surface area contributed by atoms with Gasteiger partial charge in [0, 0.05) is 36.2 Å². The van der Waals surface area contributed by atoms with Crippen LogP contribution >= 0.6 is 12.2 Å². The molecule has 150 valence electrons. The Morgan fingerprint density at radius 1 is 0.933 bits per heavy atom. The first kappa shape index (κ1) is 19.0. The molecule has 1 atom stereocenters. The summed E-state index contributed by atoms with van der Waals surface area (Å²) in [5, 5.41) is 0. The van der Waals surface area contributed by atoms with E-state index in [0.29, 0.717) is 6.54 Å². The highest BCUT2D eigenvalue weighted by atomic mass is 32.1. The van der Waals surface area contributed by atoms with E-state index < -0.39 is 5.66 Å². The predicted molar refractivity (Wildman–Crippen MR) is 124 cm³/mol. The lowest BCUT2D eigenvalue weighted by atomic mass is 9.89. The molecule has 0 bridgehead atoms. The van der Waals surface area contributed by atoms with Crippen LogP contribution in [0.2, 0.25) is 0 Å². The minimum atomic E-state index is -0.644. The number of rotatable bonds is 4. The zero-order valence-electron chi connectivity index (χ0n) is 17.0. The Balaban J connectivity index is 1.58. The van der Waals surface area contributed by atoms with Crippen molar-refractivity contribution in [3.63, 3.8) is 0 Å². The molecule has 0 aliphatic carbocycles. The molecule has 2 aliphatic heterocycles. The summed E-state index contributed by atoms with van der Waals surface area (Å²) in [6, 6.07) is 27.0. The van der Waals surface area contributed by atoms with Crippen LogP contribution in [0.1, 0.15) is 39.0 Å². The van der Waals surface area contributed by atoms with Crippen molar-refractivity contribution in [2.45, 2.75) is 25.4 Å². The predicted octanol–water partition coefficient (Wildman–Crippen LogP) is 4.93. The second-order valence-electron chi connectivity index (χ2n) is 8.07. The lowest BCUT2D eigenvalue weighted by molar-refractivity contribution is 0.0602. The zero-order chi connectivity index (χ0) is 20.7. The van der Waals surface area contributed by atoms with Gasteiger partial charge in [-0.1, -0.05) is 90.6 Å². The van der Waals surface area contributed by atoms with Gasteiger partial charge in [0.1, 0.15) is 0 Å². The molecular weight excluding hydrogens is 388 g/mol. The molecule has 1 fully saturated rings. The fraction of sp³-hybridized carbons (Fsp3) is 0.231. The Morgan fingerprint density at radius 3 is 2.40 bits per heavy atom. The third-order valence-electron chi connectivity index (χ3n) is 6.33. The molecule has 30 heavy (non-hydrogen) atoms. The van der Waals surface area contributed by atoms with Gasteiger partial charge in [-0.05, 0) is 25.0 Å². The van der Waals surface area contributed by atoms with Gasteiger partial charge in [0.05, 0.1) is 4.99 Å². The van der Waals surface area contributed by atoms with Gasteiger partial charge in [-0.3, -0.25) is 4.79 Å². The fourth-order valence-electron chi connectivity index (χ4n) is 4.92. The largest absolute Gasteiger partial charge is 0.334 e. The molecule has 0 N–H and O–H groups in total. The highest BCUT2D eigenvalue weighted by molar-refractivity contribution is 7.80. The van der Waals surface area contributed by atoms with Crippen LogP contribution in [0.4, 0.5) is 0 Å². The summed E-state index contributed by atoms with van der Waals surface area (Å²) in [4.78, 5) is 18.5. The monoisotopic (exact) mass is 412 g/mol. The average Bonchev–Trinajstić information content (AvgIpc) is 3.29. The smallest absolute Gasteiger partial charge is 0.256 e. The molecule has 5 rings (SSSR count). The maximum Gasteiger partial charge on any atom is 0.256 e. The number of hydrogen-bond donors (Lipinski definition) is 0. The molecule has 3 aromatic rings. The van der Waals surface area contributed by atoms with Crippen molar-refractivity contribution in [1.29, 1.82) is 0 Å². The van der Waals surface area contributed by atoms with E-state index in [9.17, 15) is 4.79 Å². The van der Waals surface area contributed by atoms with Crippen LogP contribution in [-0.2, 0) is 12.1 Å². The average molecular weight is 413 g/mol. The Hall–Kier alpha value is -2.98. The van der Waals surface area contributed by atoms with Crippen LogP contribution in [-0.4, -0.2) is 33.8 Å². The molecule has 0 spiro atoms. The van der Waals surface area contributed by atoms with Crippen molar-refractivity contribution >= 4 is 23.1 Å². The van der Waals surface area contributed by atoms with Crippen molar-refractivity contribution in [1.82, 2.24) is 9.80 Å². The summed E-state index contributed by atoms with van der Waals surface area (Å²) in [7, 11) is 0. The van der Waals surface area contributed by atoms with Crippen LogP contribution in [0.5, 0.6) is 0 Å². The number of hydrogen-bond acceptors (Lipinski definition) is 2. The Bertz CT molecular complexity index is 1110. The van der Waals surface area contributed by atoms with E-state index >= 15 is 0 Å². The standard InChI is InChI=1S/C26H24N2OS/c1-19-11-14-21(15-12-19)26-23-10-6-5-9-22(23)25(29)28(26)18-17-27(26)24(30)16-13-20-7-3-2-4-8-20/h2-12,14-15H,13,16-18H2,1H3. The van der Waals surface area contributed by atoms with E-state index in [2.05, 4.69) is 66.4 Å². The summed E-state index contributed by atoms with van der Waals surface area (Å²) in [6.45, 7) is 3.51. The Labute approximate surface area is 182 Å². The van der Waals surface area contributed by atoms with E-state index in [1.165, 1.54) is 11.1 Å². The molecule has 1 amide bonds. The Morgan fingerprint density at radius 2 is 1.63 bits per heavy atom. The molecule has 2 aliphatic rings. The van der Waals surface area contributed by atoms with Crippen molar-refractivity contribution in [3.8, 4) is 0 Å². The summed E-state index contributed by atoms with van der Waals surface area (Å²) in [5.41, 5.74) is 4.77. The third-order valence-corrected chi connectivity index (χ3v) is 6.76. The van der Waals surface area contributed by atoms with Gasteiger partial charge < -0.3 is 9.80 Å². The quantitative estimate of drug-likeness (QED) is 0.568. The van der Waals surface area contributed by atoms with Gasteiger partial charge in [-0.25, -0.2) is 0 Å². The maximum absolute atomic E-state index is 13.3. The second kappa shape index (κ2) is 7.37. The molecule has 3 nitrogen and oxygen atoms in total. The Kier molecular flexibility index (Phi) is 4.67. The summed E-state index contributed by atoms with van der Waals surface area (Å²) in [5.74, 6) is 0.0968. The van der Waals surface area contributed by atoms with Gasteiger partial charge >= 0.3 is 0 Å². The van der Waals surface area contributed by atoms with Gasteiger partial charge in [-0.2, -0.15) is 0 Å². The molecule has 1 unspecified atom stereocenters. The molecule has 2 heterocycles. The van der Waals surface area contributed by atoms with Crippen molar-refractivity contribution < 1.29 is 4.79 Å². The number of thiocarbonyl (C=S) groups is 1. The van der Waals surface area contributed by atoms with Crippen LogP contribution < -0.4 is 0 Å². The molecule has 3 aromatic carbocycles. The van der Waals surface area contributed by atoms with Gasteiger partial charge in [0.25, 0.3) is 5.91 Å². The summed E-state index contributed by atoms with van der Waals surface area (Å²) in [6.07, 6.45) is 1.69. The SMILES string of the molecule is Cc1ccc(C23c4ccccc4C(=O)N2CCN3C(=S)CCc2ccccc2)cc1. The lowest BCUT2D eigenvalue weighted by Gasteiger charge is -2.42. The number of nitrogens with zero attached hydrogens (tertiary/aromatic N) is 2. The van der Waals surface area contributed by atoms with Crippen molar-refractivity contribution in [2.75, 3.05) is 13.1 Å². The molecular formula is C26H24N2OS. The van der Waals surface area contributed by atoms with E-state index in [4.69, 9.17) is 12.2 Å². The first-order valence-corrected chi connectivity index (χ1v) is 10.9. The van der Waals surface area contributed by atoms with Gasteiger partial charge in [-0.15, -0.1) is 0 Å². The zero-order valence-corrected chi connectivity index (χ0v) is 17.9. The van der Waals surface area contributed by atoms with E-state index in [1.54, 1.807) is 0 Å². The van der Waals surface area contributed by atoms with E-state index in [-0.39, 0.29) is 5.91 Å². The van der Waals surface area contributed by atoms with Gasteiger partial charge in [0.2, 0.25) is 0 Å². The highest BCUT2D eigenvalue weighted by Gasteiger charge is 2.58. The second-order valence-corrected chi connectivity index (χ2v) is 8.54. The first-order valence-electron chi connectivity index (χ1n) is 10.5. The molecule has 0 saturated carbocycles. The minimum absolute atomic E-state index is 0.0968. The fourth-order valence-corrected chi connectivity index (χ4v) is 5.24. The first-order chi connectivity index (χ1) is 14.6. The van der Waals surface area contributed by atoms with Crippen LogP contribution in [0.25, 0.3) is 0 Å². The van der Waals surface area contributed by atoms with Crippen LogP contribution in [0.3, 0.4) is 0 Å². The summed E-state index contributed by atoms with van der Waals surface area (Å²) < 4.78 is 0. The molecule has 1 saturated heterocycles.